The highest BCUT2D eigenvalue weighted by molar-refractivity contribution is 5.79. The van der Waals surface area contributed by atoms with Gasteiger partial charge in [-0.1, -0.05) is 6.07 Å². The highest BCUT2D eigenvalue weighted by atomic mass is 16.1. The van der Waals surface area contributed by atoms with E-state index in [9.17, 15) is 4.79 Å². The molecule has 0 aliphatic carbocycles. The van der Waals surface area contributed by atoms with Crippen LogP contribution in [-0.4, -0.2) is 15.0 Å². The first-order chi connectivity index (χ1) is 8.34. The zero-order valence-electron chi connectivity index (χ0n) is 8.92. The van der Waals surface area contributed by atoms with E-state index in [0.717, 1.165) is 11.2 Å². The fourth-order valence-corrected chi connectivity index (χ4v) is 1.75. The lowest BCUT2D eigenvalue weighted by Crippen LogP contribution is -2.03. The zero-order chi connectivity index (χ0) is 11.7. The van der Waals surface area contributed by atoms with Gasteiger partial charge in [-0.25, -0.2) is 0 Å². The fourth-order valence-electron chi connectivity index (χ4n) is 1.75. The Kier molecular flexibility index (Phi) is 2.19. The molecule has 0 atom stereocenters. The molecule has 0 saturated heterocycles. The molecule has 3 aromatic heterocycles. The van der Waals surface area contributed by atoms with Crippen molar-refractivity contribution in [2.45, 2.75) is 0 Å². The first kappa shape index (κ1) is 9.72. The minimum Gasteiger partial charge on any atom is -0.353 e. The van der Waals surface area contributed by atoms with Gasteiger partial charge in [0.15, 0.2) is 5.43 Å². The molecule has 0 bridgehead atoms. The summed E-state index contributed by atoms with van der Waals surface area (Å²) in [6.07, 6.45) is 4.92. The number of fused-ring (bicyclic) bond motifs is 1. The molecule has 3 heterocycles. The van der Waals surface area contributed by atoms with Crippen molar-refractivity contribution < 1.29 is 0 Å². The molecule has 0 aliphatic heterocycles. The second-order valence-corrected chi connectivity index (χ2v) is 3.68. The highest BCUT2D eigenvalue weighted by Gasteiger charge is 2.04. The Bertz CT molecular complexity index is 719. The van der Waals surface area contributed by atoms with Crippen LogP contribution in [0, 0.1) is 0 Å². The van der Waals surface area contributed by atoms with E-state index in [1.165, 1.54) is 0 Å². The molecule has 3 aromatic rings. The quantitative estimate of drug-likeness (QED) is 0.686. The molecule has 17 heavy (non-hydrogen) atoms. The number of nitrogens with zero attached hydrogens (tertiary/aromatic N) is 2. The van der Waals surface area contributed by atoms with Crippen molar-refractivity contribution >= 4 is 10.9 Å². The molecule has 0 amide bonds. The normalized spacial score (nSPS) is 10.6. The molecule has 0 unspecified atom stereocenters. The third kappa shape index (κ3) is 1.69. The van der Waals surface area contributed by atoms with Gasteiger partial charge in [0.1, 0.15) is 0 Å². The topological polar surface area (TPSA) is 58.6 Å². The average Bonchev–Trinajstić information content (AvgIpc) is 2.40. The zero-order valence-corrected chi connectivity index (χ0v) is 8.92. The minimum absolute atomic E-state index is 0.0486. The summed E-state index contributed by atoms with van der Waals surface area (Å²) in [5.41, 5.74) is 2.19. The van der Waals surface area contributed by atoms with Crippen molar-refractivity contribution in [1.82, 2.24) is 15.0 Å². The van der Waals surface area contributed by atoms with Gasteiger partial charge in [-0.2, -0.15) is 0 Å². The second-order valence-electron chi connectivity index (χ2n) is 3.68. The molecule has 4 heteroatoms. The van der Waals surface area contributed by atoms with Crippen LogP contribution in [0.15, 0.2) is 53.7 Å². The first-order valence-corrected chi connectivity index (χ1v) is 5.23. The average molecular weight is 223 g/mol. The van der Waals surface area contributed by atoms with Gasteiger partial charge in [0, 0.05) is 24.7 Å². The number of nitrogens with one attached hydrogen (secondary N) is 1. The molecule has 82 valence electrons. The Morgan fingerprint density at radius 1 is 1.12 bits per heavy atom. The van der Waals surface area contributed by atoms with Crippen molar-refractivity contribution in [3.8, 4) is 11.4 Å². The van der Waals surface area contributed by atoms with Crippen LogP contribution in [0.25, 0.3) is 22.3 Å². The van der Waals surface area contributed by atoms with Crippen molar-refractivity contribution in [2.24, 2.45) is 0 Å². The lowest BCUT2D eigenvalue weighted by atomic mass is 10.2. The number of aromatic nitrogens is 3. The SMILES string of the molecule is O=c1cc(-c2ccccn2)[nH]c2ccncc12. The Morgan fingerprint density at radius 3 is 2.88 bits per heavy atom. The summed E-state index contributed by atoms with van der Waals surface area (Å²) in [6, 6.07) is 8.91. The van der Waals surface area contributed by atoms with Crippen LogP contribution >= 0.6 is 0 Å². The van der Waals surface area contributed by atoms with Crippen LogP contribution in [0.3, 0.4) is 0 Å². The largest absolute Gasteiger partial charge is 0.353 e. The van der Waals surface area contributed by atoms with Crippen LogP contribution in [0.4, 0.5) is 0 Å². The van der Waals surface area contributed by atoms with E-state index in [0.29, 0.717) is 11.1 Å². The number of aromatic amines is 1. The summed E-state index contributed by atoms with van der Waals surface area (Å²) < 4.78 is 0. The molecular formula is C13H9N3O. The molecule has 0 fully saturated rings. The fraction of sp³-hybridized carbons (Fsp3) is 0. The summed E-state index contributed by atoms with van der Waals surface area (Å²) in [4.78, 5) is 23.2. The van der Waals surface area contributed by atoms with Crippen molar-refractivity contribution in [3.05, 3.63) is 59.1 Å². The number of rotatable bonds is 1. The molecule has 1 N–H and O–H groups in total. The van der Waals surface area contributed by atoms with Gasteiger partial charge in [0.2, 0.25) is 0 Å². The van der Waals surface area contributed by atoms with Crippen molar-refractivity contribution in [2.75, 3.05) is 0 Å². The van der Waals surface area contributed by atoms with Crippen molar-refractivity contribution in [3.63, 3.8) is 0 Å². The lowest BCUT2D eigenvalue weighted by Gasteiger charge is -2.02. The number of H-pyrrole nitrogens is 1. The monoisotopic (exact) mass is 223 g/mol. The van der Waals surface area contributed by atoms with Crippen LogP contribution < -0.4 is 5.43 Å². The predicted molar refractivity (Wildman–Crippen MR) is 65.6 cm³/mol. The van der Waals surface area contributed by atoms with E-state index >= 15 is 0 Å². The second kappa shape index (κ2) is 3.83. The molecular weight excluding hydrogens is 214 g/mol. The first-order valence-electron chi connectivity index (χ1n) is 5.23. The van der Waals surface area contributed by atoms with Gasteiger partial charge in [0.05, 0.1) is 22.3 Å². The van der Waals surface area contributed by atoms with Gasteiger partial charge < -0.3 is 4.98 Å². The third-order valence-electron chi connectivity index (χ3n) is 2.57. The molecule has 4 nitrogen and oxygen atoms in total. The maximum atomic E-state index is 11.9. The Balaban J connectivity index is 2.30. The number of hydrogen-bond acceptors (Lipinski definition) is 3. The van der Waals surface area contributed by atoms with E-state index in [-0.39, 0.29) is 5.43 Å². The van der Waals surface area contributed by atoms with E-state index in [1.54, 1.807) is 30.7 Å². The molecule has 0 spiro atoms. The highest BCUT2D eigenvalue weighted by Crippen LogP contribution is 2.14. The maximum absolute atomic E-state index is 11.9. The Hall–Kier alpha value is -2.49. The molecule has 0 saturated carbocycles. The van der Waals surface area contributed by atoms with Crippen LogP contribution in [0.5, 0.6) is 0 Å². The standard InChI is InChI=1S/C13H9N3O/c17-13-7-12(11-3-1-2-5-15-11)16-10-4-6-14-8-9(10)13/h1-8H,(H,16,17). The van der Waals surface area contributed by atoms with Gasteiger partial charge in [-0.05, 0) is 18.2 Å². The molecule has 0 radical (unpaired) electrons. The van der Waals surface area contributed by atoms with E-state index in [1.807, 2.05) is 18.2 Å². The number of pyridine rings is 3. The molecule has 3 rings (SSSR count). The van der Waals surface area contributed by atoms with Crippen LogP contribution in [0.2, 0.25) is 0 Å². The number of hydrogen-bond donors (Lipinski definition) is 1. The smallest absolute Gasteiger partial charge is 0.191 e. The molecule has 0 aliphatic rings. The van der Waals surface area contributed by atoms with Crippen LogP contribution in [0.1, 0.15) is 0 Å². The summed E-state index contributed by atoms with van der Waals surface area (Å²) in [7, 11) is 0. The van der Waals surface area contributed by atoms with Gasteiger partial charge in [0.25, 0.3) is 0 Å². The van der Waals surface area contributed by atoms with Gasteiger partial charge in [-0.15, -0.1) is 0 Å². The Labute approximate surface area is 97.0 Å². The Morgan fingerprint density at radius 2 is 2.06 bits per heavy atom. The van der Waals surface area contributed by atoms with E-state index in [2.05, 4.69) is 15.0 Å². The summed E-state index contributed by atoms with van der Waals surface area (Å²) in [6.45, 7) is 0. The van der Waals surface area contributed by atoms with E-state index < -0.39 is 0 Å². The van der Waals surface area contributed by atoms with Crippen molar-refractivity contribution in [1.29, 1.82) is 0 Å². The predicted octanol–water partition coefficient (Wildman–Crippen LogP) is 1.99. The maximum Gasteiger partial charge on any atom is 0.191 e. The summed E-state index contributed by atoms with van der Waals surface area (Å²) in [5.74, 6) is 0. The van der Waals surface area contributed by atoms with E-state index in [4.69, 9.17) is 0 Å². The summed E-state index contributed by atoms with van der Waals surface area (Å²) in [5, 5.41) is 0.590. The van der Waals surface area contributed by atoms with Gasteiger partial charge >= 0.3 is 0 Å². The van der Waals surface area contributed by atoms with Gasteiger partial charge in [-0.3, -0.25) is 14.8 Å². The van der Waals surface area contributed by atoms with Crippen LogP contribution in [-0.2, 0) is 0 Å². The minimum atomic E-state index is -0.0486. The molecule has 0 aromatic carbocycles. The summed E-state index contributed by atoms with van der Waals surface area (Å²) >= 11 is 0. The lowest BCUT2D eigenvalue weighted by molar-refractivity contribution is 1.26. The third-order valence-corrected chi connectivity index (χ3v) is 2.57.